The van der Waals surface area contributed by atoms with Crippen molar-refractivity contribution >= 4 is 23.6 Å². The van der Waals surface area contributed by atoms with Gasteiger partial charge in [-0.3, -0.25) is 29.0 Å². The topological polar surface area (TPSA) is 74.8 Å². The van der Waals surface area contributed by atoms with E-state index < -0.39 is 92.5 Å². The number of nitrogens with zero attached hydrogens (tertiary/aromatic N) is 2. The van der Waals surface area contributed by atoms with Gasteiger partial charge in [-0.15, -0.1) is 0 Å². The van der Waals surface area contributed by atoms with Gasteiger partial charge in [-0.25, -0.2) is 0 Å². The van der Waals surface area contributed by atoms with Crippen LogP contribution in [-0.4, -0.2) is 70.2 Å². The molecule has 0 atom stereocenters. The Morgan fingerprint density at radius 2 is 0.694 bits per heavy atom. The molecule has 0 fully saturated rings. The van der Waals surface area contributed by atoms with Gasteiger partial charge in [-0.2, -0.15) is 35.1 Å². The first kappa shape index (κ1) is 25.3. The van der Waals surface area contributed by atoms with Gasteiger partial charge >= 0.3 is 23.7 Å². The molecule has 4 amide bonds. The Kier molecular flexibility index (Phi) is 5.49. The maximum atomic E-state index is 14.5. The highest BCUT2D eigenvalue weighted by atomic mass is 19.4. The molecule has 2 aliphatic heterocycles. The van der Waals surface area contributed by atoms with E-state index in [2.05, 4.69) is 0 Å². The monoisotopic (exact) mass is 520 g/mol. The highest BCUT2D eigenvalue weighted by molar-refractivity contribution is 6.22. The van der Waals surface area contributed by atoms with E-state index >= 15 is 0 Å². The van der Waals surface area contributed by atoms with Crippen molar-refractivity contribution in [1.29, 1.82) is 0 Å². The Labute approximate surface area is 196 Å². The fraction of sp³-hybridized carbons (Fsp3) is 0.273. The minimum atomic E-state index is -6.84. The Morgan fingerprint density at radius 3 is 0.917 bits per heavy atom. The largest absolute Gasteiger partial charge is 0.380 e. The van der Waals surface area contributed by atoms with Crippen molar-refractivity contribution in [3.63, 3.8) is 0 Å². The van der Waals surface area contributed by atoms with E-state index in [-0.39, 0.29) is 0 Å². The van der Waals surface area contributed by atoms with Crippen molar-refractivity contribution in [2.75, 3.05) is 13.1 Å². The molecule has 0 radical (unpaired) electrons. The number of amides is 4. The molecule has 6 nitrogen and oxygen atoms in total. The van der Waals surface area contributed by atoms with Crippen LogP contribution in [-0.2, 0) is 0 Å². The molecule has 14 heteroatoms. The molecule has 4 rings (SSSR count). The lowest BCUT2D eigenvalue weighted by Gasteiger charge is -2.38. The van der Waals surface area contributed by atoms with Gasteiger partial charge in [0.05, 0.1) is 35.3 Å². The lowest BCUT2D eigenvalue weighted by molar-refractivity contribution is -0.365. The molecule has 0 saturated heterocycles. The molecule has 36 heavy (non-hydrogen) atoms. The normalized spacial score (nSPS) is 16.7. The average molecular weight is 520 g/mol. The summed E-state index contributed by atoms with van der Waals surface area (Å²) in [5, 5.41) is 0. The van der Waals surface area contributed by atoms with Crippen LogP contribution in [0.3, 0.4) is 0 Å². The van der Waals surface area contributed by atoms with E-state index in [0.717, 1.165) is 24.3 Å². The summed E-state index contributed by atoms with van der Waals surface area (Å²) in [7, 11) is 0. The maximum Gasteiger partial charge on any atom is 0.380 e. The van der Waals surface area contributed by atoms with Gasteiger partial charge in [0.15, 0.2) is 0 Å². The summed E-state index contributed by atoms with van der Waals surface area (Å²) < 4.78 is 116. The van der Waals surface area contributed by atoms with Crippen molar-refractivity contribution in [2.24, 2.45) is 0 Å². The van der Waals surface area contributed by atoms with Gasteiger partial charge in [-0.05, 0) is 24.3 Å². The van der Waals surface area contributed by atoms with Gasteiger partial charge < -0.3 is 0 Å². The van der Waals surface area contributed by atoms with E-state index in [1.165, 1.54) is 24.3 Å². The number of carbonyl (C=O) groups is 4. The van der Waals surface area contributed by atoms with E-state index in [4.69, 9.17) is 0 Å². The lowest BCUT2D eigenvalue weighted by atomic mass is 9.97. The van der Waals surface area contributed by atoms with Crippen molar-refractivity contribution in [2.45, 2.75) is 23.7 Å². The van der Waals surface area contributed by atoms with Crippen LogP contribution in [0.1, 0.15) is 41.4 Å². The first-order valence-corrected chi connectivity index (χ1v) is 9.97. The van der Waals surface area contributed by atoms with Crippen molar-refractivity contribution < 1.29 is 54.3 Å². The molecule has 0 spiro atoms. The zero-order chi connectivity index (χ0) is 26.8. The van der Waals surface area contributed by atoms with Crippen LogP contribution >= 0.6 is 0 Å². The second-order valence-electron chi connectivity index (χ2n) is 8.04. The molecule has 2 heterocycles. The third-order valence-corrected chi connectivity index (χ3v) is 5.78. The fourth-order valence-corrected chi connectivity index (χ4v) is 3.82. The first-order valence-electron chi connectivity index (χ1n) is 9.97. The van der Waals surface area contributed by atoms with E-state index in [0.29, 0.717) is 0 Å². The predicted molar refractivity (Wildman–Crippen MR) is 103 cm³/mol. The van der Waals surface area contributed by atoms with Crippen molar-refractivity contribution in [1.82, 2.24) is 9.80 Å². The number of rotatable bonds is 7. The zero-order valence-corrected chi connectivity index (χ0v) is 17.6. The number of alkyl halides is 8. The van der Waals surface area contributed by atoms with Gasteiger partial charge in [-0.1, -0.05) is 24.3 Å². The Morgan fingerprint density at radius 1 is 0.472 bits per heavy atom. The minimum Gasteiger partial charge on any atom is -0.269 e. The van der Waals surface area contributed by atoms with Crippen LogP contribution in [0, 0.1) is 0 Å². The summed E-state index contributed by atoms with van der Waals surface area (Å²) in [5.74, 6) is -31.8. The quantitative estimate of drug-likeness (QED) is 0.407. The fourth-order valence-electron chi connectivity index (χ4n) is 3.82. The number of carbonyl (C=O) groups excluding carboxylic acids is 4. The summed E-state index contributed by atoms with van der Waals surface area (Å²) in [6, 6.07) is 8.85. The molecule has 0 unspecified atom stereocenters. The lowest BCUT2D eigenvalue weighted by Crippen LogP contribution is -2.67. The van der Waals surface area contributed by atoms with Crippen LogP contribution in [0.15, 0.2) is 48.5 Å². The second kappa shape index (κ2) is 7.83. The smallest absolute Gasteiger partial charge is 0.269 e. The molecule has 2 aromatic carbocycles. The molecule has 0 bridgehead atoms. The third-order valence-electron chi connectivity index (χ3n) is 5.78. The first-order chi connectivity index (χ1) is 16.5. The Bertz CT molecular complexity index is 1140. The molecule has 0 aliphatic carbocycles. The molecule has 0 N–H and O–H groups in total. The van der Waals surface area contributed by atoms with Crippen molar-refractivity contribution in [3.8, 4) is 0 Å². The molecule has 2 aliphatic rings. The van der Waals surface area contributed by atoms with Crippen LogP contribution < -0.4 is 0 Å². The standard InChI is InChI=1S/C22H12F8N2O4/c23-19(24,9-31-15(33)11-5-1-2-6-12(11)16(31)34)21(27,28)22(29,30)20(25,26)10-32-17(35)13-7-3-4-8-14(13)18(32)36/h1-8H,9-10H2. The number of halogens is 8. The predicted octanol–water partition coefficient (Wildman–Crippen LogP) is 4.12. The number of fused-ring (bicyclic) bond motifs is 2. The maximum absolute atomic E-state index is 14.5. The van der Waals surface area contributed by atoms with Gasteiger partial charge in [0.2, 0.25) is 0 Å². The van der Waals surface area contributed by atoms with Gasteiger partial charge in [0, 0.05) is 0 Å². The molecular weight excluding hydrogens is 508 g/mol. The van der Waals surface area contributed by atoms with E-state index in [1.807, 2.05) is 0 Å². The van der Waals surface area contributed by atoms with E-state index in [9.17, 15) is 54.3 Å². The summed E-state index contributed by atoms with van der Waals surface area (Å²) in [6.07, 6.45) is 0. The number of imide groups is 2. The zero-order valence-electron chi connectivity index (χ0n) is 17.6. The van der Waals surface area contributed by atoms with Crippen LogP contribution in [0.4, 0.5) is 35.1 Å². The highest BCUT2D eigenvalue weighted by Gasteiger charge is 2.81. The molecule has 2 aromatic rings. The van der Waals surface area contributed by atoms with Crippen molar-refractivity contribution in [3.05, 3.63) is 70.8 Å². The minimum absolute atomic E-state index is 0.447. The average Bonchev–Trinajstić information content (AvgIpc) is 3.19. The van der Waals surface area contributed by atoms with Crippen LogP contribution in [0.25, 0.3) is 0 Å². The van der Waals surface area contributed by atoms with Crippen LogP contribution in [0.2, 0.25) is 0 Å². The van der Waals surface area contributed by atoms with Crippen LogP contribution in [0.5, 0.6) is 0 Å². The summed E-state index contributed by atoms with van der Waals surface area (Å²) in [5.41, 5.74) is -1.87. The molecule has 0 saturated carbocycles. The number of hydrogen-bond donors (Lipinski definition) is 0. The number of benzene rings is 2. The highest BCUT2D eigenvalue weighted by Crippen LogP contribution is 2.53. The Balaban J connectivity index is 1.60. The van der Waals surface area contributed by atoms with Gasteiger partial charge in [0.1, 0.15) is 0 Å². The summed E-state index contributed by atoms with van der Waals surface area (Å²) in [4.78, 5) is 47.8. The summed E-state index contributed by atoms with van der Waals surface area (Å²) >= 11 is 0. The van der Waals surface area contributed by atoms with E-state index in [1.54, 1.807) is 0 Å². The molecule has 0 aromatic heterocycles. The molecular formula is C22H12F8N2O4. The number of hydrogen-bond acceptors (Lipinski definition) is 4. The second-order valence-corrected chi connectivity index (χ2v) is 8.04. The molecule has 190 valence electrons. The summed E-state index contributed by atoms with van der Waals surface area (Å²) in [6.45, 7) is -5.27. The SMILES string of the molecule is O=C1c2ccccc2C(=O)N1CC(F)(F)C(F)(F)C(F)(F)C(F)(F)CN1C(=O)c2ccccc2C1=O. The Hall–Kier alpha value is -3.84. The third kappa shape index (κ3) is 3.38. The van der Waals surface area contributed by atoms with Gasteiger partial charge in [0.25, 0.3) is 23.6 Å².